The Bertz CT molecular complexity index is 4660. The van der Waals surface area contributed by atoms with Gasteiger partial charge in [0.05, 0.1) is 31.6 Å². The second-order valence-corrected chi connectivity index (χ2v) is 23.2. The van der Waals surface area contributed by atoms with Gasteiger partial charge in [-0.3, -0.25) is 0 Å². The lowest BCUT2D eigenvalue weighted by molar-refractivity contribution is 0.768. The highest BCUT2D eigenvalue weighted by molar-refractivity contribution is 7.21. The Labute approximate surface area is 486 Å². The number of nitrogens with zero attached hydrogens (tertiary/aromatic N) is 2. The molecule has 0 amide bonds. The number of benzene rings is 13. The van der Waals surface area contributed by atoms with Crippen LogP contribution in [0.1, 0.15) is 44.5 Å². The van der Waals surface area contributed by atoms with Crippen LogP contribution < -0.4 is 0 Å². The molecule has 2 aromatic heterocycles. The van der Waals surface area contributed by atoms with Gasteiger partial charge in [0.1, 0.15) is 11.0 Å². The topological polar surface area (TPSA) is 25.8 Å². The summed E-state index contributed by atoms with van der Waals surface area (Å²) in [5.41, 5.74) is 24.2. The molecule has 13 aromatic carbocycles. The van der Waals surface area contributed by atoms with E-state index in [1.807, 2.05) is 11.3 Å². The summed E-state index contributed by atoms with van der Waals surface area (Å²) in [5.74, 6) is 0. The van der Waals surface area contributed by atoms with E-state index < -0.39 is 10.8 Å². The molecule has 0 atom stereocenters. The van der Waals surface area contributed by atoms with Gasteiger partial charge in [-0.05, 0) is 112 Å². The van der Waals surface area contributed by atoms with Crippen LogP contribution in [0, 0.1) is 0 Å². The highest BCUT2D eigenvalue weighted by Gasteiger charge is 2.49. The van der Waals surface area contributed by atoms with Gasteiger partial charge in [0.2, 0.25) is 0 Å². The molecule has 2 aliphatic rings. The third kappa shape index (κ3) is 6.83. The maximum Gasteiger partial charge on any atom is 0.109 e. The Balaban J connectivity index is 1.03. The SMILES string of the molecule is c1ccc(-c2ccc3c4ccc(-c5ccccc5)cc4c4nc5c(-c6cccc7c6-c6ccccc6C7(c6ccccc6)c6ccccc6)sc(-c6cccc7c6-c6ccccc6C7(c6ccccc6)c6ccccc6)c5nc4c3c2)cc1. The molecule has 15 aromatic rings. The van der Waals surface area contributed by atoms with E-state index in [9.17, 15) is 0 Å². The van der Waals surface area contributed by atoms with Gasteiger partial charge in [-0.25, -0.2) is 9.97 Å². The lowest BCUT2D eigenvalue weighted by Crippen LogP contribution is -2.28. The molecule has 0 spiro atoms. The van der Waals surface area contributed by atoms with Crippen LogP contribution in [-0.4, -0.2) is 9.97 Å². The molecule has 17 rings (SSSR count). The lowest BCUT2D eigenvalue weighted by atomic mass is 9.67. The molecule has 0 unspecified atom stereocenters. The predicted octanol–water partition coefficient (Wildman–Crippen LogP) is 20.5. The van der Waals surface area contributed by atoms with Gasteiger partial charge in [0, 0.05) is 21.9 Å². The van der Waals surface area contributed by atoms with Crippen LogP contribution in [0.25, 0.3) is 109 Å². The molecule has 2 nitrogen and oxygen atoms in total. The molecule has 0 fully saturated rings. The van der Waals surface area contributed by atoms with Gasteiger partial charge >= 0.3 is 0 Å². The second-order valence-electron chi connectivity index (χ2n) is 22.1. The third-order valence-corrected chi connectivity index (χ3v) is 19.3. The van der Waals surface area contributed by atoms with E-state index in [1.165, 1.54) is 66.8 Å². The fourth-order valence-electron chi connectivity index (χ4n) is 14.6. The molecule has 0 saturated heterocycles. The number of fused-ring (bicyclic) bond motifs is 13. The van der Waals surface area contributed by atoms with E-state index in [0.29, 0.717) is 0 Å². The summed E-state index contributed by atoms with van der Waals surface area (Å²) in [6.45, 7) is 0. The molecule has 2 aliphatic carbocycles. The molecular weight excluding hydrogens is 1020 g/mol. The fraction of sp³-hybridized carbons (Fsp3) is 0.0250. The second kappa shape index (κ2) is 18.6. The van der Waals surface area contributed by atoms with Crippen molar-refractivity contribution >= 4 is 54.9 Å². The van der Waals surface area contributed by atoms with E-state index in [-0.39, 0.29) is 0 Å². The maximum atomic E-state index is 6.16. The van der Waals surface area contributed by atoms with Crippen LogP contribution in [0.15, 0.2) is 303 Å². The summed E-state index contributed by atoms with van der Waals surface area (Å²) in [6.07, 6.45) is 0. The molecule has 0 N–H and O–H groups in total. The number of hydrogen-bond donors (Lipinski definition) is 0. The van der Waals surface area contributed by atoms with Gasteiger partial charge < -0.3 is 0 Å². The predicted molar refractivity (Wildman–Crippen MR) is 346 cm³/mol. The highest BCUT2D eigenvalue weighted by atomic mass is 32.1. The standard InChI is InChI=1S/C80H50N2S/c1-7-25-51(26-8-1)53-45-47-59-60-48-46-54(52-27-9-2-10-28-52)50-66(60)74-73(65(59)49-53)81-75-76(82-74)78(64-40-24-44-70-72(64)62-38-20-22-42-68(62)80(70,57-33-15-5-16-34-57)58-35-17-6-18-36-58)83-77(75)63-39-23-43-69-71(63)61-37-19-21-41-67(61)79(69,55-29-11-3-12-30-55)56-31-13-4-14-32-56/h1-50H. The van der Waals surface area contributed by atoms with E-state index in [1.54, 1.807) is 0 Å². The minimum atomic E-state index is -0.583. The fourth-order valence-corrected chi connectivity index (χ4v) is 15.9. The molecule has 0 aliphatic heterocycles. The van der Waals surface area contributed by atoms with Crippen molar-refractivity contribution in [1.29, 1.82) is 0 Å². The average Bonchev–Trinajstić information content (AvgIpc) is 1.75. The zero-order chi connectivity index (χ0) is 54.6. The van der Waals surface area contributed by atoms with Gasteiger partial charge in [-0.15, -0.1) is 11.3 Å². The first kappa shape index (κ1) is 47.5. The van der Waals surface area contributed by atoms with Crippen molar-refractivity contribution in [1.82, 2.24) is 9.97 Å². The first-order valence-electron chi connectivity index (χ1n) is 28.6. The minimum Gasteiger partial charge on any atom is -0.242 e. The smallest absolute Gasteiger partial charge is 0.109 e. The van der Waals surface area contributed by atoms with Gasteiger partial charge in [-0.2, -0.15) is 0 Å². The number of rotatable bonds is 8. The van der Waals surface area contributed by atoms with Crippen LogP contribution >= 0.6 is 11.3 Å². The van der Waals surface area contributed by atoms with E-state index in [4.69, 9.17) is 9.97 Å². The van der Waals surface area contributed by atoms with Crippen LogP contribution in [0.4, 0.5) is 0 Å². The molecule has 0 radical (unpaired) electrons. The Morgan fingerprint density at radius 1 is 0.229 bits per heavy atom. The lowest BCUT2D eigenvalue weighted by Gasteiger charge is -2.34. The molecule has 0 saturated carbocycles. The number of thiophene rings is 1. The summed E-state index contributed by atoms with van der Waals surface area (Å²) in [5, 5.41) is 4.46. The van der Waals surface area contributed by atoms with Gasteiger partial charge in [-0.1, -0.05) is 291 Å². The Kier molecular flexibility index (Phi) is 10.7. The van der Waals surface area contributed by atoms with Crippen molar-refractivity contribution in [3.8, 4) is 65.4 Å². The van der Waals surface area contributed by atoms with E-state index in [0.717, 1.165) is 86.7 Å². The number of aromatic nitrogens is 2. The Morgan fingerprint density at radius 3 is 0.916 bits per heavy atom. The summed E-state index contributed by atoms with van der Waals surface area (Å²) in [6, 6.07) is 112. The largest absolute Gasteiger partial charge is 0.242 e. The van der Waals surface area contributed by atoms with Crippen molar-refractivity contribution in [3.05, 3.63) is 348 Å². The Hall–Kier alpha value is -10.3. The van der Waals surface area contributed by atoms with E-state index in [2.05, 4.69) is 303 Å². The summed E-state index contributed by atoms with van der Waals surface area (Å²) >= 11 is 1.84. The van der Waals surface area contributed by atoms with Crippen LogP contribution in [0.2, 0.25) is 0 Å². The number of hydrogen-bond acceptors (Lipinski definition) is 3. The summed E-state index contributed by atoms with van der Waals surface area (Å²) in [7, 11) is 0. The first-order chi connectivity index (χ1) is 41.2. The molecule has 3 heteroatoms. The van der Waals surface area contributed by atoms with Crippen molar-refractivity contribution in [2.24, 2.45) is 0 Å². The zero-order valence-corrected chi connectivity index (χ0v) is 46.0. The summed E-state index contributed by atoms with van der Waals surface area (Å²) < 4.78 is 0. The Morgan fingerprint density at radius 2 is 0.542 bits per heavy atom. The van der Waals surface area contributed by atoms with Crippen molar-refractivity contribution in [2.45, 2.75) is 10.8 Å². The van der Waals surface area contributed by atoms with Crippen molar-refractivity contribution < 1.29 is 0 Å². The van der Waals surface area contributed by atoms with Crippen LogP contribution in [-0.2, 0) is 10.8 Å². The normalized spacial score (nSPS) is 13.5. The monoisotopic (exact) mass is 1070 g/mol. The molecule has 2 heterocycles. The van der Waals surface area contributed by atoms with Crippen LogP contribution in [0.5, 0.6) is 0 Å². The van der Waals surface area contributed by atoms with E-state index >= 15 is 0 Å². The molecule has 0 bridgehead atoms. The highest BCUT2D eigenvalue weighted by Crippen LogP contribution is 2.62. The third-order valence-electron chi connectivity index (χ3n) is 18.0. The molecular formula is C80H50N2S. The molecule has 386 valence electrons. The zero-order valence-electron chi connectivity index (χ0n) is 45.2. The quantitative estimate of drug-likeness (QED) is 0.142. The maximum absolute atomic E-state index is 6.16. The summed E-state index contributed by atoms with van der Waals surface area (Å²) in [4.78, 5) is 14.5. The van der Waals surface area contributed by atoms with Crippen molar-refractivity contribution in [3.63, 3.8) is 0 Å². The van der Waals surface area contributed by atoms with Crippen LogP contribution in [0.3, 0.4) is 0 Å². The van der Waals surface area contributed by atoms with Gasteiger partial charge in [0.25, 0.3) is 0 Å². The first-order valence-corrected chi connectivity index (χ1v) is 29.5. The molecule has 83 heavy (non-hydrogen) atoms. The average molecular weight is 1070 g/mol. The minimum absolute atomic E-state index is 0.583. The van der Waals surface area contributed by atoms with Gasteiger partial charge in [0.15, 0.2) is 0 Å². The van der Waals surface area contributed by atoms with Crippen molar-refractivity contribution in [2.75, 3.05) is 0 Å².